The lowest BCUT2D eigenvalue weighted by Crippen LogP contribution is -2.32. The minimum Gasteiger partial charge on any atom is -0.494 e. The molecule has 0 aliphatic rings. The molecule has 2 aromatic carbocycles. The summed E-state index contributed by atoms with van der Waals surface area (Å²) in [5.74, 6) is 1.31. The predicted molar refractivity (Wildman–Crippen MR) is 152 cm³/mol. The van der Waals surface area contributed by atoms with E-state index < -0.39 is 0 Å². The van der Waals surface area contributed by atoms with Crippen molar-refractivity contribution in [1.29, 1.82) is 0 Å². The highest BCUT2D eigenvalue weighted by molar-refractivity contribution is 5.99. The summed E-state index contributed by atoms with van der Waals surface area (Å²) >= 11 is 0. The first kappa shape index (κ1) is 33.9. The standard InChI is InChI=1S/C28H40N2O4.2ClH/c1-5-29-19-23(27(31)21-11-15-25(16-12-21)33-7-3)9-10-24(20-30-6-2)28(32)22-13-17-26(18-14-22)34-8-4;;/h11-18,23-24,29-30H,5-10,19-20H2,1-4H3;2*1H. The number of nitrogens with one attached hydrogen (secondary N) is 2. The van der Waals surface area contributed by atoms with Gasteiger partial charge in [-0.1, -0.05) is 13.8 Å². The van der Waals surface area contributed by atoms with Crippen LogP contribution in [0.1, 0.15) is 61.3 Å². The Labute approximate surface area is 228 Å². The Morgan fingerprint density at radius 2 is 0.972 bits per heavy atom. The van der Waals surface area contributed by atoms with Crippen LogP contribution in [0.4, 0.5) is 0 Å². The third kappa shape index (κ3) is 10.9. The van der Waals surface area contributed by atoms with E-state index in [1.807, 2.05) is 76.2 Å². The van der Waals surface area contributed by atoms with E-state index in [4.69, 9.17) is 9.47 Å². The first-order valence-electron chi connectivity index (χ1n) is 12.5. The molecule has 0 fully saturated rings. The molecule has 8 heteroatoms. The van der Waals surface area contributed by atoms with Gasteiger partial charge >= 0.3 is 0 Å². The van der Waals surface area contributed by atoms with Crippen LogP contribution in [0.25, 0.3) is 0 Å². The Kier molecular flexibility index (Phi) is 17.9. The van der Waals surface area contributed by atoms with Crippen molar-refractivity contribution in [3.63, 3.8) is 0 Å². The summed E-state index contributed by atoms with van der Waals surface area (Å²) in [7, 11) is 0. The van der Waals surface area contributed by atoms with E-state index in [2.05, 4.69) is 10.6 Å². The van der Waals surface area contributed by atoms with Gasteiger partial charge in [-0.2, -0.15) is 0 Å². The monoisotopic (exact) mass is 540 g/mol. The van der Waals surface area contributed by atoms with Gasteiger partial charge in [0.2, 0.25) is 0 Å². The maximum Gasteiger partial charge on any atom is 0.167 e. The number of hydrogen-bond donors (Lipinski definition) is 2. The highest BCUT2D eigenvalue weighted by Gasteiger charge is 2.25. The molecule has 0 aromatic heterocycles. The Morgan fingerprint density at radius 3 is 1.25 bits per heavy atom. The molecule has 0 aliphatic heterocycles. The average molecular weight is 542 g/mol. The van der Waals surface area contributed by atoms with Gasteiger partial charge in [0.25, 0.3) is 0 Å². The summed E-state index contributed by atoms with van der Waals surface area (Å²) in [6.07, 6.45) is 1.27. The van der Waals surface area contributed by atoms with E-state index in [-0.39, 0.29) is 48.2 Å². The summed E-state index contributed by atoms with van der Waals surface area (Å²) < 4.78 is 11.0. The van der Waals surface area contributed by atoms with Crippen molar-refractivity contribution >= 4 is 36.4 Å². The van der Waals surface area contributed by atoms with Gasteiger partial charge in [0.15, 0.2) is 11.6 Å². The first-order chi connectivity index (χ1) is 16.5. The van der Waals surface area contributed by atoms with E-state index >= 15 is 0 Å². The number of benzene rings is 2. The van der Waals surface area contributed by atoms with Crippen molar-refractivity contribution in [2.24, 2.45) is 11.8 Å². The molecule has 0 heterocycles. The minimum atomic E-state index is -0.199. The SMILES string of the molecule is CCNCC(CCC(CNCC)C(=O)c1ccc(OCC)cc1)C(=O)c1ccc(OCC)cc1.Cl.Cl. The number of hydrogen-bond acceptors (Lipinski definition) is 6. The van der Waals surface area contributed by atoms with Crippen LogP contribution in [0.5, 0.6) is 11.5 Å². The number of carbonyl (C=O) groups is 2. The number of halogens is 2. The lowest BCUT2D eigenvalue weighted by atomic mass is 9.86. The van der Waals surface area contributed by atoms with Crippen LogP contribution in [0.15, 0.2) is 48.5 Å². The molecular formula is C28H42Cl2N2O4. The van der Waals surface area contributed by atoms with Crippen LogP contribution in [0.2, 0.25) is 0 Å². The van der Waals surface area contributed by atoms with Crippen molar-refractivity contribution in [2.45, 2.75) is 40.5 Å². The summed E-state index contributed by atoms with van der Waals surface area (Å²) in [5.41, 5.74) is 1.35. The highest BCUT2D eigenvalue weighted by Crippen LogP contribution is 2.23. The van der Waals surface area contributed by atoms with Crippen LogP contribution in [0, 0.1) is 11.8 Å². The van der Waals surface area contributed by atoms with Gasteiger partial charge in [-0.3, -0.25) is 9.59 Å². The van der Waals surface area contributed by atoms with Crippen LogP contribution < -0.4 is 20.1 Å². The second-order valence-electron chi connectivity index (χ2n) is 8.23. The van der Waals surface area contributed by atoms with Crippen LogP contribution >= 0.6 is 24.8 Å². The molecule has 0 aliphatic carbocycles. The van der Waals surface area contributed by atoms with Crippen molar-refractivity contribution in [3.8, 4) is 11.5 Å². The second-order valence-corrected chi connectivity index (χ2v) is 8.23. The van der Waals surface area contributed by atoms with E-state index in [1.54, 1.807) is 0 Å². The van der Waals surface area contributed by atoms with Crippen LogP contribution in [-0.4, -0.2) is 51.0 Å². The van der Waals surface area contributed by atoms with E-state index in [0.29, 0.717) is 50.3 Å². The molecule has 202 valence electrons. The fourth-order valence-corrected chi connectivity index (χ4v) is 3.93. The zero-order chi connectivity index (χ0) is 24.8. The second kappa shape index (κ2) is 19.1. The van der Waals surface area contributed by atoms with E-state index in [0.717, 1.165) is 24.6 Å². The smallest absolute Gasteiger partial charge is 0.167 e. The van der Waals surface area contributed by atoms with Crippen molar-refractivity contribution in [1.82, 2.24) is 10.6 Å². The molecule has 0 bridgehead atoms. The summed E-state index contributed by atoms with van der Waals surface area (Å²) in [4.78, 5) is 26.6. The van der Waals surface area contributed by atoms with Crippen molar-refractivity contribution < 1.29 is 19.1 Å². The molecule has 6 nitrogen and oxygen atoms in total. The minimum absolute atomic E-state index is 0. The molecule has 0 radical (unpaired) electrons. The highest BCUT2D eigenvalue weighted by atomic mass is 35.5. The van der Waals surface area contributed by atoms with Gasteiger partial charge in [-0.05, 0) is 88.3 Å². The fraction of sp³-hybridized carbons (Fsp3) is 0.500. The molecule has 2 N–H and O–H groups in total. The summed E-state index contributed by atoms with van der Waals surface area (Å²) in [6.45, 7) is 11.9. The maximum absolute atomic E-state index is 13.3. The Morgan fingerprint density at radius 1 is 0.639 bits per heavy atom. The van der Waals surface area contributed by atoms with Crippen molar-refractivity contribution in [2.75, 3.05) is 39.4 Å². The molecule has 0 saturated carbocycles. The maximum atomic E-state index is 13.3. The largest absolute Gasteiger partial charge is 0.494 e. The fourth-order valence-electron chi connectivity index (χ4n) is 3.93. The zero-order valence-corrected chi connectivity index (χ0v) is 23.5. The molecule has 2 unspecified atom stereocenters. The topological polar surface area (TPSA) is 76.7 Å². The predicted octanol–water partition coefficient (Wildman–Crippen LogP) is 5.62. The normalized spacial score (nSPS) is 12.0. The van der Waals surface area contributed by atoms with E-state index in [9.17, 15) is 9.59 Å². The van der Waals surface area contributed by atoms with Gasteiger partial charge in [0.05, 0.1) is 13.2 Å². The zero-order valence-electron chi connectivity index (χ0n) is 21.9. The number of ketones is 2. The number of rotatable bonds is 17. The van der Waals surface area contributed by atoms with E-state index in [1.165, 1.54) is 0 Å². The molecule has 0 spiro atoms. The quantitative estimate of drug-likeness (QED) is 0.253. The molecule has 36 heavy (non-hydrogen) atoms. The molecule has 0 saturated heterocycles. The Balaban J connectivity index is 0.00000612. The molecule has 2 aromatic rings. The summed E-state index contributed by atoms with van der Waals surface area (Å²) in [5, 5.41) is 6.63. The molecule has 0 amide bonds. The summed E-state index contributed by atoms with van der Waals surface area (Å²) in [6, 6.07) is 14.7. The first-order valence-corrected chi connectivity index (χ1v) is 12.5. The third-order valence-electron chi connectivity index (χ3n) is 5.79. The van der Waals surface area contributed by atoms with Crippen LogP contribution in [0.3, 0.4) is 0 Å². The van der Waals surface area contributed by atoms with Gasteiger partial charge < -0.3 is 20.1 Å². The Bertz CT molecular complexity index is 803. The van der Waals surface area contributed by atoms with Gasteiger partial charge in [0, 0.05) is 36.1 Å². The Hall–Kier alpha value is -2.12. The lowest BCUT2D eigenvalue weighted by molar-refractivity contribution is 0.0865. The number of Topliss-reactive ketones (excluding diaryl/α,β-unsaturated/α-hetero) is 2. The lowest BCUT2D eigenvalue weighted by Gasteiger charge is -2.21. The van der Waals surface area contributed by atoms with Gasteiger partial charge in [-0.25, -0.2) is 0 Å². The molecule has 2 atom stereocenters. The average Bonchev–Trinajstić information content (AvgIpc) is 2.86. The number of carbonyl (C=O) groups excluding carboxylic acids is 2. The van der Waals surface area contributed by atoms with Crippen LogP contribution in [-0.2, 0) is 0 Å². The van der Waals surface area contributed by atoms with Gasteiger partial charge in [0.1, 0.15) is 11.5 Å². The van der Waals surface area contributed by atoms with Crippen molar-refractivity contribution in [3.05, 3.63) is 59.7 Å². The molecular weight excluding hydrogens is 499 g/mol. The number of ether oxygens (including phenoxy) is 2. The van der Waals surface area contributed by atoms with Gasteiger partial charge in [-0.15, -0.1) is 24.8 Å². The molecule has 2 rings (SSSR count). The third-order valence-corrected chi connectivity index (χ3v) is 5.79.